The van der Waals surface area contributed by atoms with Crippen LogP contribution in [0.5, 0.6) is 0 Å². The molecule has 21 heavy (non-hydrogen) atoms. The molecule has 3 heteroatoms. The third kappa shape index (κ3) is 4.31. The van der Waals surface area contributed by atoms with Crippen molar-refractivity contribution in [1.82, 2.24) is 5.32 Å². The number of benzene rings is 1. The normalized spacial score (nSPS) is 27.1. The summed E-state index contributed by atoms with van der Waals surface area (Å²) in [6.45, 7) is 8.46. The average molecular weight is 288 g/mol. The Kier molecular flexibility index (Phi) is 5.40. The van der Waals surface area contributed by atoms with Gasteiger partial charge in [0.15, 0.2) is 0 Å². The second-order valence-corrected chi connectivity index (χ2v) is 6.61. The number of nitrogens with one attached hydrogen (secondary N) is 2. The molecule has 1 aromatic rings. The number of anilines is 1. The topological polar surface area (TPSA) is 41.1 Å². The lowest BCUT2D eigenvalue weighted by Crippen LogP contribution is -2.43. The molecule has 2 rings (SSSR count). The number of amides is 1. The molecule has 0 radical (unpaired) electrons. The van der Waals surface area contributed by atoms with E-state index in [9.17, 15) is 4.79 Å². The van der Waals surface area contributed by atoms with Gasteiger partial charge in [-0.05, 0) is 49.3 Å². The molecule has 1 aliphatic rings. The van der Waals surface area contributed by atoms with E-state index in [-0.39, 0.29) is 5.91 Å². The van der Waals surface area contributed by atoms with E-state index in [2.05, 4.69) is 43.5 Å². The van der Waals surface area contributed by atoms with Gasteiger partial charge in [0.2, 0.25) is 5.91 Å². The summed E-state index contributed by atoms with van der Waals surface area (Å²) < 4.78 is 0. The highest BCUT2D eigenvalue weighted by atomic mass is 16.1. The molecule has 1 saturated carbocycles. The first-order chi connectivity index (χ1) is 9.97. The number of carbonyl (C=O) groups excluding carboxylic acids is 1. The second kappa shape index (κ2) is 7.08. The Hall–Kier alpha value is -1.35. The lowest BCUT2D eigenvalue weighted by molar-refractivity contribution is -0.114. The van der Waals surface area contributed by atoms with Crippen LogP contribution in [0.25, 0.3) is 0 Å². The van der Waals surface area contributed by atoms with E-state index in [4.69, 9.17) is 0 Å². The Bertz CT molecular complexity index is 476. The predicted molar refractivity (Wildman–Crippen MR) is 88.3 cm³/mol. The van der Waals surface area contributed by atoms with Gasteiger partial charge in [-0.25, -0.2) is 0 Å². The minimum atomic E-state index is -0.0257. The monoisotopic (exact) mass is 288 g/mol. The zero-order chi connectivity index (χ0) is 15.4. The van der Waals surface area contributed by atoms with Crippen LogP contribution in [0.15, 0.2) is 24.3 Å². The molecule has 1 aliphatic carbocycles. The fraction of sp³-hybridized carbons (Fsp3) is 0.611. The molecular weight excluding hydrogens is 260 g/mol. The number of hydrogen-bond donors (Lipinski definition) is 2. The molecule has 3 nitrogen and oxygen atoms in total. The van der Waals surface area contributed by atoms with Crippen LogP contribution in [0.3, 0.4) is 0 Å². The predicted octanol–water partition coefficient (Wildman–Crippen LogP) is 4.12. The van der Waals surface area contributed by atoms with Crippen molar-refractivity contribution in [1.29, 1.82) is 0 Å². The Balaban J connectivity index is 2.05. The third-order valence-electron chi connectivity index (χ3n) is 4.69. The van der Waals surface area contributed by atoms with Crippen molar-refractivity contribution in [2.24, 2.45) is 11.8 Å². The summed E-state index contributed by atoms with van der Waals surface area (Å²) in [6, 6.07) is 9.01. The van der Waals surface area contributed by atoms with Crippen LogP contribution in [-0.4, -0.2) is 11.9 Å². The standard InChI is InChI=1S/C18H28N2O/c1-12-7-5-8-13(2)18(12)19-14(3)16-9-6-10-17(11-16)20-15(4)21/h6,9-14,18-19H,5,7-8H2,1-4H3,(H,20,21). The van der Waals surface area contributed by atoms with Gasteiger partial charge >= 0.3 is 0 Å². The molecule has 0 aromatic heterocycles. The number of carbonyl (C=O) groups is 1. The Labute approximate surface area is 128 Å². The van der Waals surface area contributed by atoms with Crippen molar-refractivity contribution in [2.45, 2.75) is 59.0 Å². The molecule has 0 heterocycles. The summed E-state index contributed by atoms with van der Waals surface area (Å²) in [5, 5.41) is 6.66. The van der Waals surface area contributed by atoms with E-state index in [1.54, 1.807) is 6.92 Å². The van der Waals surface area contributed by atoms with Crippen LogP contribution >= 0.6 is 0 Å². The van der Waals surface area contributed by atoms with Crippen molar-refractivity contribution in [2.75, 3.05) is 5.32 Å². The van der Waals surface area contributed by atoms with Crippen molar-refractivity contribution >= 4 is 11.6 Å². The molecule has 0 saturated heterocycles. The van der Waals surface area contributed by atoms with Crippen LogP contribution in [-0.2, 0) is 4.79 Å². The van der Waals surface area contributed by atoms with Crippen LogP contribution in [0.2, 0.25) is 0 Å². The molecule has 0 spiro atoms. The lowest BCUT2D eigenvalue weighted by Gasteiger charge is -2.37. The minimum absolute atomic E-state index is 0.0257. The summed E-state index contributed by atoms with van der Waals surface area (Å²) >= 11 is 0. The largest absolute Gasteiger partial charge is 0.326 e. The van der Waals surface area contributed by atoms with E-state index >= 15 is 0 Å². The van der Waals surface area contributed by atoms with Gasteiger partial charge in [-0.1, -0.05) is 32.4 Å². The quantitative estimate of drug-likeness (QED) is 0.875. The van der Waals surface area contributed by atoms with E-state index in [0.717, 1.165) is 17.5 Å². The fourth-order valence-electron chi connectivity index (χ4n) is 3.48. The Morgan fingerprint density at radius 2 is 1.90 bits per heavy atom. The highest BCUT2D eigenvalue weighted by molar-refractivity contribution is 5.88. The molecule has 0 bridgehead atoms. The van der Waals surface area contributed by atoms with E-state index in [1.165, 1.54) is 24.8 Å². The fourth-order valence-corrected chi connectivity index (χ4v) is 3.48. The van der Waals surface area contributed by atoms with Gasteiger partial charge in [0.1, 0.15) is 0 Å². The maximum absolute atomic E-state index is 11.2. The molecule has 1 amide bonds. The molecular formula is C18H28N2O. The molecule has 3 unspecified atom stereocenters. The molecule has 3 atom stereocenters. The molecule has 116 valence electrons. The zero-order valence-corrected chi connectivity index (χ0v) is 13.6. The molecule has 2 N–H and O–H groups in total. The van der Waals surface area contributed by atoms with Gasteiger partial charge in [-0.2, -0.15) is 0 Å². The number of rotatable bonds is 4. The number of hydrogen-bond acceptors (Lipinski definition) is 2. The smallest absolute Gasteiger partial charge is 0.221 e. The van der Waals surface area contributed by atoms with E-state index in [1.807, 2.05) is 12.1 Å². The SMILES string of the molecule is CC(=O)Nc1cccc(C(C)NC2C(C)CCCC2C)c1. The summed E-state index contributed by atoms with van der Waals surface area (Å²) in [7, 11) is 0. The first kappa shape index (κ1) is 16.0. The highest BCUT2D eigenvalue weighted by Crippen LogP contribution is 2.31. The second-order valence-electron chi connectivity index (χ2n) is 6.61. The van der Waals surface area contributed by atoms with E-state index in [0.29, 0.717) is 12.1 Å². The molecule has 0 aliphatic heterocycles. The van der Waals surface area contributed by atoms with Crippen molar-refractivity contribution < 1.29 is 4.79 Å². The summed E-state index contributed by atoms with van der Waals surface area (Å²) in [6.07, 6.45) is 3.99. The first-order valence-electron chi connectivity index (χ1n) is 8.11. The van der Waals surface area contributed by atoms with Crippen LogP contribution in [0, 0.1) is 11.8 Å². The van der Waals surface area contributed by atoms with Crippen LogP contribution in [0.4, 0.5) is 5.69 Å². The summed E-state index contributed by atoms with van der Waals surface area (Å²) in [5.74, 6) is 1.44. The lowest BCUT2D eigenvalue weighted by atomic mass is 9.78. The molecule has 1 fully saturated rings. The van der Waals surface area contributed by atoms with Crippen LogP contribution < -0.4 is 10.6 Å². The summed E-state index contributed by atoms with van der Waals surface area (Å²) in [5.41, 5.74) is 2.10. The van der Waals surface area contributed by atoms with Crippen molar-refractivity contribution in [3.63, 3.8) is 0 Å². The van der Waals surface area contributed by atoms with Gasteiger partial charge in [0.05, 0.1) is 0 Å². The minimum Gasteiger partial charge on any atom is -0.326 e. The Morgan fingerprint density at radius 3 is 2.52 bits per heavy atom. The average Bonchev–Trinajstić information content (AvgIpc) is 2.42. The van der Waals surface area contributed by atoms with Gasteiger partial charge in [-0.3, -0.25) is 4.79 Å². The third-order valence-corrected chi connectivity index (χ3v) is 4.69. The molecule has 1 aromatic carbocycles. The maximum Gasteiger partial charge on any atom is 0.221 e. The first-order valence-corrected chi connectivity index (χ1v) is 8.11. The van der Waals surface area contributed by atoms with Gasteiger partial charge in [0.25, 0.3) is 0 Å². The Morgan fingerprint density at radius 1 is 1.24 bits per heavy atom. The van der Waals surface area contributed by atoms with Crippen molar-refractivity contribution in [3.05, 3.63) is 29.8 Å². The van der Waals surface area contributed by atoms with Gasteiger partial charge in [-0.15, -0.1) is 0 Å². The highest BCUT2D eigenvalue weighted by Gasteiger charge is 2.28. The van der Waals surface area contributed by atoms with Gasteiger partial charge in [0, 0.05) is 24.7 Å². The van der Waals surface area contributed by atoms with Crippen molar-refractivity contribution in [3.8, 4) is 0 Å². The van der Waals surface area contributed by atoms with E-state index < -0.39 is 0 Å². The zero-order valence-electron chi connectivity index (χ0n) is 13.6. The maximum atomic E-state index is 11.2. The van der Waals surface area contributed by atoms with Gasteiger partial charge < -0.3 is 10.6 Å². The summed E-state index contributed by atoms with van der Waals surface area (Å²) in [4.78, 5) is 11.2. The van der Waals surface area contributed by atoms with Crippen LogP contribution in [0.1, 0.15) is 58.6 Å².